The first-order valence-corrected chi connectivity index (χ1v) is 9.48. The molecule has 1 aliphatic rings. The number of carbonyl (C=O) groups is 2. The van der Waals surface area contributed by atoms with Gasteiger partial charge in [0.2, 0.25) is 5.91 Å². The molecule has 0 radical (unpaired) electrons. The Kier molecular flexibility index (Phi) is 11.5. The van der Waals surface area contributed by atoms with E-state index in [0.717, 1.165) is 38.5 Å². The number of ether oxygens (including phenoxy) is 3. The van der Waals surface area contributed by atoms with Gasteiger partial charge in [0, 0.05) is 20.0 Å². The molecule has 4 N–H and O–H groups in total. The summed E-state index contributed by atoms with van der Waals surface area (Å²) in [7, 11) is 1.39. The molecule has 1 aliphatic heterocycles. The maximum Gasteiger partial charge on any atom is 0.305 e. The molecule has 0 saturated carbocycles. The summed E-state index contributed by atoms with van der Waals surface area (Å²) >= 11 is 0. The third-order valence-electron chi connectivity index (χ3n) is 4.54. The van der Waals surface area contributed by atoms with Crippen molar-refractivity contribution in [1.29, 1.82) is 0 Å². The van der Waals surface area contributed by atoms with Gasteiger partial charge in [-0.05, 0) is 12.8 Å². The van der Waals surface area contributed by atoms with Crippen LogP contribution in [0.15, 0.2) is 0 Å². The quantitative estimate of drug-likeness (QED) is 0.267. The van der Waals surface area contributed by atoms with Gasteiger partial charge in [0.25, 0.3) is 0 Å². The highest BCUT2D eigenvalue weighted by Crippen LogP contribution is 2.22. The standard InChI is InChI=1S/C18H33NO8/c1-12(21)19-15-17(24)16(23)13(11-20)27-18(15)26-10-8-6-4-3-5-7-9-14(22)25-2/h13,15-18,20,23-24H,3-11H2,1-2H3,(H,19,21)/t13?,15?,16?,17-,18?/m0/s1. The predicted molar refractivity (Wildman–Crippen MR) is 95.7 cm³/mol. The van der Waals surface area contributed by atoms with Crippen molar-refractivity contribution in [2.45, 2.75) is 82.5 Å². The first kappa shape index (κ1) is 23.8. The fraction of sp³-hybridized carbons (Fsp3) is 0.889. The molecule has 27 heavy (non-hydrogen) atoms. The maximum atomic E-state index is 11.3. The second-order valence-corrected chi connectivity index (χ2v) is 6.75. The normalized spacial score (nSPS) is 28.0. The Labute approximate surface area is 160 Å². The summed E-state index contributed by atoms with van der Waals surface area (Å²) in [5.74, 6) is -0.559. The Morgan fingerprint density at radius 2 is 1.67 bits per heavy atom. The van der Waals surface area contributed by atoms with Gasteiger partial charge >= 0.3 is 5.97 Å². The SMILES string of the molecule is COC(=O)CCCCCCCCOC1OC(CO)C(O)[C@@H](O)C1NC(C)=O. The molecule has 0 aromatic carbocycles. The highest BCUT2D eigenvalue weighted by Gasteiger charge is 2.45. The number of esters is 1. The molecule has 1 heterocycles. The van der Waals surface area contributed by atoms with Crippen LogP contribution < -0.4 is 5.32 Å². The highest BCUT2D eigenvalue weighted by atomic mass is 16.7. The molecule has 0 bridgehead atoms. The fourth-order valence-corrected chi connectivity index (χ4v) is 2.99. The number of methoxy groups -OCH3 is 1. The number of hydrogen-bond donors (Lipinski definition) is 4. The summed E-state index contributed by atoms with van der Waals surface area (Å²) in [6.45, 7) is 1.20. The van der Waals surface area contributed by atoms with Gasteiger partial charge < -0.3 is 34.8 Å². The van der Waals surface area contributed by atoms with Crippen LogP contribution in [-0.4, -0.2) is 78.2 Å². The monoisotopic (exact) mass is 391 g/mol. The van der Waals surface area contributed by atoms with E-state index in [1.165, 1.54) is 14.0 Å². The van der Waals surface area contributed by atoms with Crippen LogP contribution in [-0.2, 0) is 23.8 Å². The summed E-state index contributed by atoms with van der Waals surface area (Å²) in [5, 5.41) is 31.9. The van der Waals surface area contributed by atoms with Gasteiger partial charge in [-0.25, -0.2) is 0 Å². The predicted octanol–water partition coefficient (Wildman–Crippen LogP) is -0.150. The van der Waals surface area contributed by atoms with Crippen LogP contribution in [0.1, 0.15) is 51.9 Å². The molecule has 1 fully saturated rings. The lowest BCUT2D eigenvalue weighted by Crippen LogP contribution is -2.64. The Morgan fingerprint density at radius 3 is 2.26 bits per heavy atom. The van der Waals surface area contributed by atoms with Gasteiger partial charge in [-0.1, -0.05) is 25.7 Å². The molecule has 9 nitrogen and oxygen atoms in total. The highest BCUT2D eigenvalue weighted by molar-refractivity contribution is 5.73. The van der Waals surface area contributed by atoms with Crippen molar-refractivity contribution in [2.75, 3.05) is 20.3 Å². The molecule has 0 spiro atoms. The maximum absolute atomic E-state index is 11.3. The molecule has 5 atom stereocenters. The topological polar surface area (TPSA) is 135 Å². The summed E-state index contributed by atoms with van der Waals surface area (Å²) < 4.78 is 15.7. The number of unbranched alkanes of at least 4 members (excludes halogenated alkanes) is 5. The van der Waals surface area contributed by atoms with E-state index >= 15 is 0 Å². The lowest BCUT2D eigenvalue weighted by Gasteiger charge is -2.42. The summed E-state index contributed by atoms with van der Waals surface area (Å²) in [5.41, 5.74) is 0. The fourth-order valence-electron chi connectivity index (χ4n) is 2.99. The molecule has 0 aliphatic carbocycles. The van der Waals surface area contributed by atoms with Crippen molar-refractivity contribution in [3.05, 3.63) is 0 Å². The van der Waals surface area contributed by atoms with E-state index in [2.05, 4.69) is 10.1 Å². The average Bonchev–Trinajstić information content (AvgIpc) is 2.65. The van der Waals surface area contributed by atoms with E-state index in [4.69, 9.17) is 9.47 Å². The first-order chi connectivity index (χ1) is 12.9. The molecule has 1 amide bonds. The average molecular weight is 391 g/mol. The van der Waals surface area contributed by atoms with Gasteiger partial charge in [-0.2, -0.15) is 0 Å². The van der Waals surface area contributed by atoms with Crippen LogP contribution in [0.3, 0.4) is 0 Å². The van der Waals surface area contributed by atoms with Crippen molar-refractivity contribution in [3.8, 4) is 0 Å². The van der Waals surface area contributed by atoms with Gasteiger partial charge in [-0.15, -0.1) is 0 Å². The van der Waals surface area contributed by atoms with E-state index in [-0.39, 0.29) is 11.9 Å². The van der Waals surface area contributed by atoms with E-state index < -0.39 is 37.3 Å². The second kappa shape index (κ2) is 13.0. The largest absolute Gasteiger partial charge is 0.469 e. The molecular formula is C18H33NO8. The number of aliphatic hydroxyl groups excluding tert-OH is 3. The summed E-state index contributed by atoms with van der Waals surface area (Å²) in [6, 6.07) is -0.904. The number of amides is 1. The minimum Gasteiger partial charge on any atom is -0.469 e. The van der Waals surface area contributed by atoms with E-state index in [9.17, 15) is 24.9 Å². The lowest BCUT2D eigenvalue weighted by atomic mass is 9.97. The Morgan fingerprint density at radius 1 is 1.04 bits per heavy atom. The minimum atomic E-state index is -1.31. The second-order valence-electron chi connectivity index (χ2n) is 6.75. The van der Waals surface area contributed by atoms with E-state index in [1.807, 2.05) is 0 Å². The van der Waals surface area contributed by atoms with Crippen molar-refractivity contribution in [2.24, 2.45) is 0 Å². The Balaban J connectivity index is 2.27. The minimum absolute atomic E-state index is 0.182. The number of carbonyl (C=O) groups excluding carboxylic acids is 2. The Bertz CT molecular complexity index is 447. The molecule has 9 heteroatoms. The summed E-state index contributed by atoms with van der Waals surface area (Å²) in [4.78, 5) is 22.3. The number of aliphatic hydroxyl groups is 3. The number of nitrogens with one attached hydrogen (secondary N) is 1. The molecule has 4 unspecified atom stereocenters. The summed E-state index contributed by atoms with van der Waals surface area (Å²) in [6.07, 6.45) is 1.45. The smallest absolute Gasteiger partial charge is 0.305 e. The van der Waals surface area contributed by atoms with Gasteiger partial charge in [0.1, 0.15) is 24.4 Å². The molecular weight excluding hydrogens is 358 g/mol. The molecule has 1 rings (SSSR count). The lowest BCUT2D eigenvalue weighted by molar-refractivity contribution is -0.270. The zero-order valence-electron chi connectivity index (χ0n) is 16.1. The van der Waals surface area contributed by atoms with Gasteiger partial charge in [0.15, 0.2) is 6.29 Å². The zero-order valence-corrected chi connectivity index (χ0v) is 16.1. The van der Waals surface area contributed by atoms with Crippen molar-refractivity contribution in [1.82, 2.24) is 5.32 Å². The number of rotatable bonds is 12. The first-order valence-electron chi connectivity index (χ1n) is 9.48. The molecule has 1 saturated heterocycles. The third-order valence-corrected chi connectivity index (χ3v) is 4.54. The van der Waals surface area contributed by atoms with Crippen molar-refractivity contribution < 1.29 is 39.1 Å². The molecule has 0 aromatic heterocycles. The van der Waals surface area contributed by atoms with E-state index in [1.54, 1.807) is 0 Å². The molecule has 0 aromatic rings. The van der Waals surface area contributed by atoms with Crippen LogP contribution >= 0.6 is 0 Å². The molecule has 158 valence electrons. The van der Waals surface area contributed by atoms with Crippen molar-refractivity contribution in [3.63, 3.8) is 0 Å². The van der Waals surface area contributed by atoms with Crippen LogP contribution in [0.25, 0.3) is 0 Å². The zero-order chi connectivity index (χ0) is 20.2. The van der Waals surface area contributed by atoms with Gasteiger partial charge in [0.05, 0.1) is 13.7 Å². The van der Waals surface area contributed by atoms with Crippen LogP contribution in [0.2, 0.25) is 0 Å². The van der Waals surface area contributed by atoms with Crippen molar-refractivity contribution >= 4 is 11.9 Å². The van der Waals surface area contributed by atoms with E-state index in [0.29, 0.717) is 13.0 Å². The van der Waals surface area contributed by atoms with Crippen LogP contribution in [0.4, 0.5) is 0 Å². The number of hydrogen-bond acceptors (Lipinski definition) is 8. The Hall–Kier alpha value is -1.26. The van der Waals surface area contributed by atoms with Crippen LogP contribution in [0.5, 0.6) is 0 Å². The van der Waals surface area contributed by atoms with Gasteiger partial charge in [-0.3, -0.25) is 9.59 Å². The van der Waals surface area contributed by atoms with Crippen LogP contribution in [0, 0.1) is 0 Å². The third kappa shape index (κ3) is 8.52.